The Morgan fingerprint density at radius 1 is 1.16 bits per heavy atom. The minimum Gasteiger partial charge on any atom is -0.353 e. The van der Waals surface area contributed by atoms with E-state index in [1.165, 1.54) is 10.8 Å². The normalized spacial score (nSPS) is 14.0. The maximum absolute atomic E-state index is 4.20. The first kappa shape index (κ1) is 13.8. The number of hydrogen-bond acceptors (Lipinski definition) is 4. The standard InChI is InChI=1S/C14H14N4.HI/c1-2-4-13-9-11(5-6-12(13)3-1)10-17-18-14-15-7-8-16-14;/h1-6,9-10H,7-8H2,(H2,15,16,18);1H. The van der Waals surface area contributed by atoms with Crippen molar-refractivity contribution < 1.29 is 0 Å². The number of benzene rings is 2. The highest BCUT2D eigenvalue weighted by Crippen LogP contribution is 2.14. The molecule has 0 unspecified atom stereocenters. The zero-order valence-corrected chi connectivity index (χ0v) is 12.7. The summed E-state index contributed by atoms with van der Waals surface area (Å²) in [6, 6.07) is 14.6. The van der Waals surface area contributed by atoms with E-state index >= 15 is 0 Å². The minimum absolute atomic E-state index is 0. The molecule has 1 aliphatic heterocycles. The number of rotatable bonds is 2. The van der Waals surface area contributed by atoms with Crippen molar-refractivity contribution in [1.29, 1.82) is 0 Å². The van der Waals surface area contributed by atoms with Gasteiger partial charge in [0.25, 0.3) is 0 Å². The summed E-state index contributed by atoms with van der Waals surface area (Å²) in [7, 11) is 0. The van der Waals surface area contributed by atoms with Gasteiger partial charge in [0.15, 0.2) is 0 Å². The minimum atomic E-state index is 0. The third-order valence-electron chi connectivity index (χ3n) is 2.83. The van der Waals surface area contributed by atoms with Crippen LogP contribution in [0.2, 0.25) is 0 Å². The predicted octanol–water partition coefficient (Wildman–Crippen LogP) is 2.34. The van der Waals surface area contributed by atoms with Crippen LogP contribution in [0.4, 0.5) is 0 Å². The van der Waals surface area contributed by atoms with E-state index in [1.807, 2.05) is 12.1 Å². The van der Waals surface area contributed by atoms with Crippen molar-refractivity contribution in [2.75, 3.05) is 13.1 Å². The molecule has 5 heteroatoms. The first-order chi connectivity index (χ1) is 8.92. The van der Waals surface area contributed by atoms with Gasteiger partial charge < -0.3 is 5.32 Å². The molecule has 19 heavy (non-hydrogen) atoms. The molecule has 0 atom stereocenters. The third-order valence-corrected chi connectivity index (χ3v) is 2.83. The molecule has 2 N–H and O–H groups in total. The summed E-state index contributed by atoms with van der Waals surface area (Å²) in [6.45, 7) is 1.70. The van der Waals surface area contributed by atoms with E-state index in [0.717, 1.165) is 24.6 Å². The lowest BCUT2D eigenvalue weighted by Gasteiger charge is -2.00. The second kappa shape index (κ2) is 6.51. The Balaban J connectivity index is 0.00000133. The lowest BCUT2D eigenvalue weighted by atomic mass is 10.1. The first-order valence-electron chi connectivity index (χ1n) is 5.98. The molecular formula is C14H15IN4. The zero-order valence-electron chi connectivity index (χ0n) is 10.3. The molecule has 0 aromatic heterocycles. The van der Waals surface area contributed by atoms with Crippen LogP contribution in [-0.2, 0) is 0 Å². The fourth-order valence-corrected chi connectivity index (χ4v) is 1.93. The van der Waals surface area contributed by atoms with Crippen LogP contribution < -0.4 is 10.7 Å². The smallest absolute Gasteiger partial charge is 0.212 e. The van der Waals surface area contributed by atoms with Gasteiger partial charge >= 0.3 is 0 Å². The predicted molar refractivity (Wildman–Crippen MR) is 90.4 cm³/mol. The molecule has 3 rings (SSSR count). The lowest BCUT2D eigenvalue weighted by molar-refractivity contribution is 0.920. The molecule has 0 amide bonds. The Hall–Kier alpha value is -1.63. The number of halogens is 1. The SMILES string of the molecule is C(=NNC1=NCCN1)c1ccc2ccccc2c1.I. The van der Waals surface area contributed by atoms with Crippen LogP contribution in [0.5, 0.6) is 0 Å². The Kier molecular flexibility index (Phi) is 4.73. The molecule has 0 radical (unpaired) electrons. The van der Waals surface area contributed by atoms with Crippen LogP contribution in [0, 0.1) is 0 Å². The molecule has 0 saturated carbocycles. The molecular weight excluding hydrogens is 351 g/mol. The van der Waals surface area contributed by atoms with Gasteiger partial charge in [0.2, 0.25) is 5.96 Å². The summed E-state index contributed by atoms with van der Waals surface area (Å²) in [5.41, 5.74) is 3.96. The van der Waals surface area contributed by atoms with Crippen LogP contribution in [0.25, 0.3) is 10.8 Å². The Bertz CT molecular complexity index is 622. The average molecular weight is 366 g/mol. The zero-order chi connectivity index (χ0) is 12.2. The van der Waals surface area contributed by atoms with E-state index in [4.69, 9.17) is 0 Å². The summed E-state index contributed by atoms with van der Waals surface area (Å²) >= 11 is 0. The monoisotopic (exact) mass is 366 g/mol. The van der Waals surface area contributed by atoms with Crippen molar-refractivity contribution in [3.05, 3.63) is 48.0 Å². The largest absolute Gasteiger partial charge is 0.353 e. The molecule has 0 saturated heterocycles. The van der Waals surface area contributed by atoms with Crippen molar-refractivity contribution >= 4 is 46.9 Å². The molecule has 1 heterocycles. The average Bonchev–Trinajstić information content (AvgIpc) is 2.92. The van der Waals surface area contributed by atoms with E-state index in [0.29, 0.717) is 0 Å². The van der Waals surface area contributed by atoms with Gasteiger partial charge in [0.05, 0.1) is 12.8 Å². The second-order valence-electron chi connectivity index (χ2n) is 4.13. The Morgan fingerprint density at radius 2 is 2.00 bits per heavy atom. The van der Waals surface area contributed by atoms with Gasteiger partial charge in [-0.2, -0.15) is 5.10 Å². The summed E-state index contributed by atoms with van der Waals surface area (Å²) in [6.07, 6.45) is 1.80. The number of hydrazone groups is 1. The third kappa shape index (κ3) is 3.44. The molecule has 2 aromatic carbocycles. The van der Waals surface area contributed by atoms with Crippen LogP contribution in [0.1, 0.15) is 5.56 Å². The second-order valence-corrected chi connectivity index (χ2v) is 4.13. The van der Waals surface area contributed by atoms with Crippen molar-refractivity contribution in [3.63, 3.8) is 0 Å². The summed E-state index contributed by atoms with van der Waals surface area (Å²) in [4.78, 5) is 4.20. The number of aliphatic imine (C=N–C) groups is 1. The highest BCUT2D eigenvalue weighted by molar-refractivity contribution is 14.0. The Labute approximate surface area is 129 Å². The number of guanidine groups is 1. The number of hydrogen-bond donors (Lipinski definition) is 2. The van der Waals surface area contributed by atoms with Crippen LogP contribution in [0.3, 0.4) is 0 Å². The van der Waals surface area contributed by atoms with Crippen LogP contribution in [0.15, 0.2) is 52.6 Å². The molecule has 0 bridgehead atoms. The molecule has 2 aromatic rings. The molecule has 0 spiro atoms. The van der Waals surface area contributed by atoms with Crippen molar-refractivity contribution in [2.24, 2.45) is 10.1 Å². The topological polar surface area (TPSA) is 48.8 Å². The van der Waals surface area contributed by atoms with Crippen molar-refractivity contribution in [1.82, 2.24) is 10.7 Å². The summed E-state index contributed by atoms with van der Waals surface area (Å²) in [5, 5.41) is 9.72. The van der Waals surface area contributed by atoms with E-state index in [1.54, 1.807) is 6.21 Å². The molecule has 0 aliphatic carbocycles. The van der Waals surface area contributed by atoms with Crippen molar-refractivity contribution in [2.45, 2.75) is 0 Å². The summed E-state index contributed by atoms with van der Waals surface area (Å²) < 4.78 is 0. The quantitative estimate of drug-likeness (QED) is 0.487. The molecule has 1 aliphatic rings. The van der Waals surface area contributed by atoms with E-state index < -0.39 is 0 Å². The Morgan fingerprint density at radius 3 is 2.79 bits per heavy atom. The van der Waals surface area contributed by atoms with Gasteiger partial charge in [-0.05, 0) is 22.4 Å². The number of fused-ring (bicyclic) bond motifs is 1. The molecule has 0 fully saturated rings. The van der Waals surface area contributed by atoms with Gasteiger partial charge in [0, 0.05) is 6.54 Å². The van der Waals surface area contributed by atoms with Gasteiger partial charge in [0.1, 0.15) is 0 Å². The highest BCUT2D eigenvalue weighted by atomic mass is 127. The molecule has 98 valence electrons. The summed E-state index contributed by atoms with van der Waals surface area (Å²) in [5.74, 6) is 0.743. The van der Waals surface area contributed by atoms with E-state index in [9.17, 15) is 0 Å². The number of nitrogens with one attached hydrogen (secondary N) is 2. The number of nitrogens with zero attached hydrogens (tertiary/aromatic N) is 2. The van der Waals surface area contributed by atoms with Gasteiger partial charge in [-0.3, -0.25) is 0 Å². The fraction of sp³-hybridized carbons (Fsp3) is 0.143. The van der Waals surface area contributed by atoms with Gasteiger partial charge in [-0.1, -0.05) is 36.4 Å². The van der Waals surface area contributed by atoms with Gasteiger partial charge in [-0.15, -0.1) is 24.0 Å². The van der Waals surface area contributed by atoms with E-state index in [2.05, 4.69) is 51.2 Å². The van der Waals surface area contributed by atoms with Crippen LogP contribution >= 0.6 is 24.0 Å². The van der Waals surface area contributed by atoms with E-state index in [-0.39, 0.29) is 24.0 Å². The van der Waals surface area contributed by atoms with Gasteiger partial charge in [-0.25, -0.2) is 10.4 Å². The maximum Gasteiger partial charge on any atom is 0.212 e. The van der Waals surface area contributed by atoms with Crippen molar-refractivity contribution in [3.8, 4) is 0 Å². The first-order valence-corrected chi connectivity index (χ1v) is 5.98. The maximum atomic E-state index is 4.20. The molecule has 4 nitrogen and oxygen atoms in total. The fourth-order valence-electron chi connectivity index (χ4n) is 1.93. The highest BCUT2D eigenvalue weighted by Gasteiger charge is 2.01. The van der Waals surface area contributed by atoms with Crippen LogP contribution in [-0.4, -0.2) is 25.3 Å². The lowest BCUT2D eigenvalue weighted by Crippen LogP contribution is -2.30.